The van der Waals surface area contributed by atoms with Gasteiger partial charge in [0.05, 0.1) is 58.3 Å². The molecule has 0 spiro atoms. The molecule has 2 fully saturated rings. The monoisotopic (exact) mass is 344 g/mol. The molecule has 2 rings (SSSR count). The van der Waals surface area contributed by atoms with E-state index in [0.717, 1.165) is 52.6 Å². The van der Waals surface area contributed by atoms with Crippen LogP contribution in [0.1, 0.15) is 41.5 Å². The topological polar surface area (TPSA) is 37.3 Å². The Hall–Kier alpha value is -0.140. The summed E-state index contributed by atoms with van der Waals surface area (Å²) in [5.74, 6) is 0. The van der Waals surface area contributed by atoms with Gasteiger partial charge >= 0.3 is 11.5 Å². The molecule has 23 heavy (non-hydrogen) atoms. The van der Waals surface area contributed by atoms with Crippen LogP contribution < -0.4 is 0 Å². The summed E-state index contributed by atoms with van der Waals surface area (Å²) in [6.07, 6.45) is 0. The molecule has 0 saturated carbocycles. The fraction of sp³-hybridized carbons (Fsp3) is 0.941. The zero-order chi connectivity index (χ0) is 17.1. The van der Waals surface area contributed by atoms with Crippen LogP contribution in [0.15, 0.2) is 4.40 Å². The van der Waals surface area contributed by atoms with Gasteiger partial charge in [-0.2, -0.15) is 0 Å². The third kappa shape index (κ3) is 5.43. The maximum Gasteiger partial charge on any atom is 0.320 e. The Labute approximate surface area is 145 Å². The molecule has 0 amide bonds. The lowest BCUT2D eigenvalue weighted by atomic mass is 9.75. The summed E-state index contributed by atoms with van der Waals surface area (Å²) in [6, 6.07) is 0. The van der Waals surface area contributed by atoms with E-state index < -0.39 is 0 Å². The van der Waals surface area contributed by atoms with Gasteiger partial charge in [-0.3, -0.25) is 0 Å². The first-order chi connectivity index (χ1) is 10.7. The van der Waals surface area contributed by atoms with E-state index >= 15 is 0 Å². The molecule has 2 saturated heterocycles. The van der Waals surface area contributed by atoms with Crippen LogP contribution in [0.3, 0.4) is 0 Å². The summed E-state index contributed by atoms with van der Waals surface area (Å²) in [5, 5.41) is 0. The molecule has 0 aromatic heterocycles. The second-order valence-corrected chi connectivity index (χ2v) is 9.97. The molecule has 0 atom stereocenters. The van der Waals surface area contributed by atoms with Gasteiger partial charge in [0.15, 0.2) is 0 Å². The normalized spacial score (nSPS) is 22.4. The van der Waals surface area contributed by atoms with Gasteiger partial charge in [0, 0.05) is 10.8 Å². The molecule has 0 aromatic rings. The first-order valence-corrected chi connectivity index (χ1v) is 9.79. The molecule has 0 aromatic carbocycles. The minimum Gasteiger partial charge on any atom is -0.378 e. The van der Waals surface area contributed by atoms with Crippen LogP contribution in [0.5, 0.6) is 0 Å². The van der Waals surface area contributed by atoms with E-state index in [9.17, 15) is 0 Å². The number of hydrogen-bond acceptors (Lipinski definition) is 5. The molecule has 5 nitrogen and oxygen atoms in total. The van der Waals surface area contributed by atoms with Crippen LogP contribution in [0.25, 0.3) is 0 Å². The van der Waals surface area contributed by atoms with Gasteiger partial charge < -0.3 is 9.47 Å². The van der Waals surface area contributed by atoms with Crippen LogP contribution >= 0.6 is 0 Å². The Bertz CT molecular complexity index is 369. The molecule has 2 heterocycles. The van der Waals surface area contributed by atoms with E-state index in [0.29, 0.717) is 0 Å². The second kappa shape index (κ2) is 7.83. The SMILES string of the molecule is CC(C)(C)C(=N[S+](N1CCOCC1)N1CCOCC1)C(C)(C)C. The molecule has 0 radical (unpaired) electrons. The highest BCUT2D eigenvalue weighted by molar-refractivity contribution is 7.91. The van der Waals surface area contributed by atoms with Gasteiger partial charge in [-0.1, -0.05) is 50.2 Å². The molecular formula is C17H34N3O2S+. The van der Waals surface area contributed by atoms with Crippen molar-refractivity contribution in [2.24, 2.45) is 15.2 Å². The summed E-state index contributed by atoms with van der Waals surface area (Å²) in [7, 11) is 0. The lowest BCUT2D eigenvalue weighted by Crippen LogP contribution is -2.52. The maximum absolute atomic E-state index is 5.55. The van der Waals surface area contributed by atoms with Gasteiger partial charge in [-0.05, 0) is 4.40 Å². The van der Waals surface area contributed by atoms with Crippen LogP contribution in [-0.2, 0) is 20.9 Å². The molecule has 2 aliphatic rings. The van der Waals surface area contributed by atoms with Crippen molar-refractivity contribution in [3.8, 4) is 0 Å². The largest absolute Gasteiger partial charge is 0.378 e. The van der Waals surface area contributed by atoms with Crippen LogP contribution in [-0.4, -0.2) is 66.9 Å². The minimum absolute atomic E-state index is 0.0715. The van der Waals surface area contributed by atoms with Gasteiger partial charge in [0.1, 0.15) is 0 Å². The predicted molar refractivity (Wildman–Crippen MR) is 98.5 cm³/mol. The van der Waals surface area contributed by atoms with E-state index in [-0.39, 0.29) is 22.3 Å². The third-order valence-corrected chi connectivity index (χ3v) is 6.00. The lowest BCUT2D eigenvalue weighted by Gasteiger charge is -2.34. The van der Waals surface area contributed by atoms with Gasteiger partial charge in [-0.25, -0.2) is 0 Å². The van der Waals surface area contributed by atoms with E-state index in [2.05, 4.69) is 50.2 Å². The van der Waals surface area contributed by atoms with Crippen LogP contribution in [0.2, 0.25) is 0 Å². The molecule has 0 bridgehead atoms. The van der Waals surface area contributed by atoms with Crippen molar-refractivity contribution in [1.82, 2.24) is 8.61 Å². The van der Waals surface area contributed by atoms with Crippen molar-refractivity contribution in [3.63, 3.8) is 0 Å². The second-order valence-electron chi connectivity index (χ2n) is 8.27. The molecular weight excluding hydrogens is 310 g/mol. The van der Waals surface area contributed by atoms with E-state index in [4.69, 9.17) is 13.9 Å². The first-order valence-electron chi connectivity index (χ1n) is 8.69. The highest BCUT2D eigenvalue weighted by atomic mass is 32.2. The molecule has 6 heteroatoms. The van der Waals surface area contributed by atoms with Gasteiger partial charge in [-0.15, -0.1) is 0 Å². The molecule has 0 unspecified atom stereocenters. The Morgan fingerprint density at radius 2 is 1.09 bits per heavy atom. The summed E-state index contributed by atoms with van der Waals surface area (Å²) < 4.78 is 21.4. The van der Waals surface area contributed by atoms with Crippen LogP contribution in [0.4, 0.5) is 0 Å². The average molecular weight is 345 g/mol. The van der Waals surface area contributed by atoms with Crippen molar-refractivity contribution in [2.45, 2.75) is 41.5 Å². The molecule has 134 valence electrons. The van der Waals surface area contributed by atoms with Crippen molar-refractivity contribution in [3.05, 3.63) is 0 Å². The summed E-state index contributed by atoms with van der Waals surface area (Å²) in [4.78, 5) is 0. The lowest BCUT2D eigenvalue weighted by molar-refractivity contribution is 0.0609. The number of morpholine rings is 2. The maximum atomic E-state index is 5.55. The average Bonchev–Trinajstić information content (AvgIpc) is 2.47. The number of hydrogen-bond donors (Lipinski definition) is 0. The highest BCUT2D eigenvalue weighted by Crippen LogP contribution is 2.32. The van der Waals surface area contributed by atoms with Gasteiger partial charge in [0.2, 0.25) is 0 Å². The van der Waals surface area contributed by atoms with E-state index in [1.807, 2.05) is 0 Å². The van der Waals surface area contributed by atoms with Crippen molar-refractivity contribution >= 4 is 17.2 Å². The Kier molecular flexibility index (Phi) is 6.53. The fourth-order valence-electron chi connectivity index (χ4n) is 3.18. The summed E-state index contributed by atoms with van der Waals surface area (Å²) in [6.45, 7) is 20.7. The smallest absolute Gasteiger partial charge is 0.320 e. The van der Waals surface area contributed by atoms with E-state index in [1.165, 1.54) is 5.71 Å². The molecule has 0 N–H and O–H groups in total. The predicted octanol–water partition coefficient (Wildman–Crippen LogP) is 2.55. The Morgan fingerprint density at radius 3 is 1.39 bits per heavy atom. The quantitative estimate of drug-likeness (QED) is 0.582. The number of nitrogens with zero attached hydrogens (tertiary/aromatic N) is 3. The highest BCUT2D eigenvalue weighted by Gasteiger charge is 2.43. The van der Waals surface area contributed by atoms with Gasteiger partial charge in [0.25, 0.3) is 0 Å². The number of ether oxygens (including phenoxy) is 2. The van der Waals surface area contributed by atoms with Crippen molar-refractivity contribution in [1.29, 1.82) is 0 Å². The standard InChI is InChI=1S/C17H34N3O2S/c1-16(2,3)15(17(4,5)6)18-23(19-7-11-21-12-8-19)20-9-13-22-14-10-20/h7-14H2,1-6H3/q+1. The zero-order valence-corrected chi connectivity index (χ0v) is 16.5. The summed E-state index contributed by atoms with van der Waals surface area (Å²) >= 11 is -0.226. The Morgan fingerprint density at radius 1 is 0.739 bits per heavy atom. The van der Waals surface area contributed by atoms with Crippen molar-refractivity contribution < 1.29 is 9.47 Å². The molecule has 0 aliphatic carbocycles. The fourth-order valence-corrected chi connectivity index (χ4v) is 5.40. The van der Waals surface area contributed by atoms with Crippen molar-refractivity contribution in [2.75, 3.05) is 52.6 Å². The third-order valence-electron chi connectivity index (χ3n) is 4.00. The van der Waals surface area contributed by atoms with Crippen LogP contribution in [0, 0.1) is 10.8 Å². The first kappa shape index (κ1) is 19.2. The molecule has 2 aliphatic heterocycles. The minimum atomic E-state index is -0.226. The van der Waals surface area contributed by atoms with E-state index in [1.54, 1.807) is 0 Å². The Balaban J connectivity index is 2.31. The number of rotatable bonds is 3. The summed E-state index contributed by atoms with van der Waals surface area (Å²) in [5.41, 5.74) is 1.44. The zero-order valence-electron chi connectivity index (χ0n) is 15.7.